The first-order valence-electron chi connectivity index (χ1n) is 5.15. The van der Waals surface area contributed by atoms with Crippen LogP contribution in [0.15, 0.2) is 30.6 Å². The van der Waals surface area contributed by atoms with Crippen molar-refractivity contribution in [3.05, 3.63) is 36.2 Å². The molecular formula is C11H14N6. The Morgan fingerprint density at radius 2 is 1.88 bits per heavy atom. The van der Waals surface area contributed by atoms with Crippen molar-refractivity contribution in [3.63, 3.8) is 0 Å². The van der Waals surface area contributed by atoms with E-state index in [1.807, 2.05) is 24.1 Å². The summed E-state index contributed by atoms with van der Waals surface area (Å²) in [4.78, 5) is 13.9. The summed E-state index contributed by atoms with van der Waals surface area (Å²) in [6.45, 7) is 0.707. The molecule has 0 atom stereocenters. The molecule has 0 unspecified atom stereocenters. The van der Waals surface area contributed by atoms with Gasteiger partial charge in [0.15, 0.2) is 0 Å². The number of pyridine rings is 1. The zero-order valence-corrected chi connectivity index (χ0v) is 9.54. The molecule has 2 rings (SSSR count). The average Bonchev–Trinajstić information content (AvgIpc) is 2.29. The van der Waals surface area contributed by atoms with Gasteiger partial charge >= 0.3 is 0 Å². The Labute approximate surface area is 99.3 Å². The molecule has 0 fully saturated rings. The van der Waals surface area contributed by atoms with Crippen LogP contribution in [-0.4, -0.2) is 22.0 Å². The number of nitrogen functional groups attached to an aromatic ring is 2. The molecule has 17 heavy (non-hydrogen) atoms. The van der Waals surface area contributed by atoms with Crippen LogP contribution in [0.1, 0.15) is 5.56 Å². The molecule has 0 saturated carbocycles. The van der Waals surface area contributed by atoms with Crippen LogP contribution in [0.5, 0.6) is 0 Å². The highest BCUT2D eigenvalue weighted by molar-refractivity contribution is 5.50. The Morgan fingerprint density at radius 1 is 1.18 bits per heavy atom. The highest BCUT2D eigenvalue weighted by Gasteiger charge is 2.06. The lowest BCUT2D eigenvalue weighted by atomic mass is 10.2. The van der Waals surface area contributed by atoms with E-state index in [0.29, 0.717) is 18.2 Å². The zero-order valence-electron chi connectivity index (χ0n) is 9.54. The molecule has 6 nitrogen and oxygen atoms in total. The summed E-state index contributed by atoms with van der Waals surface area (Å²) in [7, 11) is 1.92. The van der Waals surface area contributed by atoms with Gasteiger partial charge in [0.05, 0.1) is 0 Å². The van der Waals surface area contributed by atoms with Crippen molar-refractivity contribution < 1.29 is 0 Å². The third-order valence-corrected chi connectivity index (χ3v) is 2.31. The maximum absolute atomic E-state index is 5.62. The van der Waals surface area contributed by atoms with Crippen molar-refractivity contribution in [1.82, 2.24) is 15.0 Å². The number of hydrogen-bond donors (Lipinski definition) is 2. The third-order valence-electron chi connectivity index (χ3n) is 2.31. The van der Waals surface area contributed by atoms with Crippen molar-refractivity contribution in [2.24, 2.45) is 0 Å². The quantitative estimate of drug-likeness (QED) is 0.805. The fraction of sp³-hybridized carbons (Fsp3) is 0.182. The molecule has 2 heterocycles. The van der Waals surface area contributed by atoms with Crippen LogP contribution in [0.4, 0.5) is 17.6 Å². The second kappa shape index (κ2) is 4.65. The van der Waals surface area contributed by atoms with E-state index in [0.717, 1.165) is 5.56 Å². The lowest BCUT2D eigenvalue weighted by molar-refractivity contribution is 0.892. The van der Waals surface area contributed by atoms with Gasteiger partial charge < -0.3 is 16.4 Å². The molecule has 2 aromatic rings. The van der Waals surface area contributed by atoms with Gasteiger partial charge in [-0.15, -0.1) is 0 Å². The van der Waals surface area contributed by atoms with Crippen molar-refractivity contribution >= 4 is 17.6 Å². The Kier molecular flexibility index (Phi) is 3.04. The van der Waals surface area contributed by atoms with Gasteiger partial charge in [0.2, 0.25) is 5.95 Å². The third kappa shape index (κ3) is 2.81. The van der Waals surface area contributed by atoms with E-state index in [9.17, 15) is 0 Å². The Bertz CT molecular complexity index is 478. The molecule has 0 amide bonds. The second-order valence-electron chi connectivity index (χ2n) is 3.72. The number of hydrogen-bond acceptors (Lipinski definition) is 6. The van der Waals surface area contributed by atoms with Gasteiger partial charge in [0.25, 0.3) is 0 Å². The zero-order chi connectivity index (χ0) is 12.3. The van der Waals surface area contributed by atoms with Gasteiger partial charge in [-0.3, -0.25) is 4.98 Å². The number of anilines is 3. The summed E-state index contributed by atoms with van der Waals surface area (Å²) in [5, 5.41) is 0. The van der Waals surface area contributed by atoms with Crippen LogP contribution in [0.3, 0.4) is 0 Å². The fourth-order valence-electron chi connectivity index (χ4n) is 1.51. The van der Waals surface area contributed by atoms with Gasteiger partial charge in [-0.25, -0.2) is 0 Å². The SMILES string of the molecule is CN(Cc1ccncc1)c1cc(N)nc(N)n1. The van der Waals surface area contributed by atoms with E-state index >= 15 is 0 Å². The lowest BCUT2D eigenvalue weighted by Crippen LogP contribution is -2.19. The molecule has 0 spiro atoms. The molecule has 88 valence electrons. The van der Waals surface area contributed by atoms with Crippen LogP contribution < -0.4 is 16.4 Å². The molecule has 0 aliphatic rings. The first-order chi connectivity index (χ1) is 8.15. The highest BCUT2D eigenvalue weighted by atomic mass is 15.2. The predicted molar refractivity (Wildman–Crippen MR) is 67.2 cm³/mol. The van der Waals surface area contributed by atoms with E-state index in [2.05, 4.69) is 15.0 Å². The van der Waals surface area contributed by atoms with E-state index in [1.54, 1.807) is 18.5 Å². The fourth-order valence-corrected chi connectivity index (χ4v) is 1.51. The normalized spacial score (nSPS) is 10.2. The maximum Gasteiger partial charge on any atom is 0.223 e. The molecule has 0 radical (unpaired) electrons. The largest absolute Gasteiger partial charge is 0.383 e. The van der Waals surface area contributed by atoms with Crippen LogP contribution in [0.25, 0.3) is 0 Å². The molecular weight excluding hydrogens is 216 g/mol. The van der Waals surface area contributed by atoms with E-state index in [4.69, 9.17) is 11.5 Å². The first kappa shape index (κ1) is 11.1. The van der Waals surface area contributed by atoms with Crippen LogP contribution in [-0.2, 0) is 6.54 Å². The van der Waals surface area contributed by atoms with Crippen LogP contribution in [0.2, 0.25) is 0 Å². The molecule has 2 aromatic heterocycles. The Hall–Kier alpha value is -2.37. The number of aromatic nitrogens is 3. The van der Waals surface area contributed by atoms with Crippen molar-refractivity contribution in [2.45, 2.75) is 6.54 Å². The highest BCUT2D eigenvalue weighted by Crippen LogP contribution is 2.15. The van der Waals surface area contributed by atoms with Gasteiger partial charge in [-0.05, 0) is 17.7 Å². The summed E-state index contributed by atoms with van der Waals surface area (Å²) in [5.41, 5.74) is 12.3. The predicted octanol–water partition coefficient (Wildman–Crippen LogP) is 0.672. The van der Waals surface area contributed by atoms with Gasteiger partial charge in [0, 0.05) is 32.1 Å². The lowest BCUT2D eigenvalue weighted by Gasteiger charge is -2.18. The molecule has 0 saturated heterocycles. The van der Waals surface area contributed by atoms with Crippen molar-refractivity contribution in [1.29, 1.82) is 0 Å². The Morgan fingerprint density at radius 3 is 2.53 bits per heavy atom. The van der Waals surface area contributed by atoms with E-state index in [1.165, 1.54) is 0 Å². The van der Waals surface area contributed by atoms with Crippen LogP contribution in [0, 0.1) is 0 Å². The summed E-state index contributed by atoms with van der Waals surface area (Å²) in [6, 6.07) is 5.59. The standard InChI is InChI=1S/C11H14N6/c1-17(7-8-2-4-14-5-3-8)10-6-9(12)15-11(13)16-10/h2-6H,7H2,1H3,(H4,12,13,15,16). The van der Waals surface area contributed by atoms with Crippen molar-refractivity contribution in [2.75, 3.05) is 23.4 Å². The molecule has 0 aliphatic heterocycles. The summed E-state index contributed by atoms with van der Waals surface area (Å²) < 4.78 is 0. The topological polar surface area (TPSA) is 94.0 Å². The monoisotopic (exact) mass is 230 g/mol. The van der Waals surface area contributed by atoms with Gasteiger partial charge in [-0.2, -0.15) is 9.97 Å². The van der Waals surface area contributed by atoms with Crippen molar-refractivity contribution in [3.8, 4) is 0 Å². The minimum absolute atomic E-state index is 0.182. The smallest absolute Gasteiger partial charge is 0.223 e. The first-order valence-corrected chi connectivity index (χ1v) is 5.15. The van der Waals surface area contributed by atoms with E-state index < -0.39 is 0 Å². The average molecular weight is 230 g/mol. The molecule has 0 aliphatic carbocycles. The van der Waals surface area contributed by atoms with Gasteiger partial charge in [-0.1, -0.05) is 0 Å². The number of nitrogens with two attached hydrogens (primary N) is 2. The number of rotatable bonds is 3. The maximum atomic E-state index is 5.62. The summed E-state index contributed by atoms with van der Waals surface area (Å²) >= 11 is 0. The minimum Gasteiger partial charge on any atom is -0.383 e. The molecule has 0 bridgehead atoms. The van der Waals surface area contributed by atoms with Gasteiger partial charge in [0.1, 0.15) is 11.6 Å². The summed E-state index contributed by atoms with van der Waals surface area (Å²) in [5.74, 6) is 1.25. The minimum atomic E-state index is 0.182. The number of nitrogens with zero attached hydrogens (tertiary/aromatic N) is 4. The summed E-state index contributed by atoms with van der Waals surface area (Å²) in [6.07, 6.45) is 3.51. The Balaban J connectivity index is 2.17. The molecule has 6 heteroatoms. The second-order valence-corrected chi connectivity index (χ2v) is 3.72. The van der Waals surface area contributed by atoms with E-state index in [-0.39, 0.29) is 5.95 Å². The van der Waals surface area contributed by atoms with Crippen LogP contribution >= 0.6 is 0 Å². The molecule has 4 N–H and O–H groups in total. The molecule has 0 aromatic carbocycles.